The van der Waals surface area contributed by atoms with E-state index in [-0.39, 0.29) is 12.3 Å². The Kier molecular flexibility index (Phi) is 3.19. The number of aliphatic hydroxyl groups excluding tert-OH is 1. The smallest absolute Gasteiger partial charge is 0.303 e. The monoisotopic (exact) mass is 133 g/mol. The van der Waals surface area contributed by atoms with E-state index >= 15 is 0 Å². The molecule has 0 aliphatic rings. The summed E-state index contributed by atoms with van der Waals surface area (Å²) in [5, 5.41) is 16.8. The fourth-order valence-electron chi connectivity index (χ4n) is 0.396. The molecule has 0 rings (SSSR count). The highest BCUT2D eigenvalue weighted by molar-refractivity contribution is 5.66. The van der Waals surface area contributed by atoms with E-state index in [2.05, 4.69) is 0 Å². The fourth-order valence-corrected chi connectivity index (χ4v) is 0.396. The van der Waals surface area contributed by atoms with Crippen LogP contribution in [-0.2, 0) is 4.79 Å². The Morgan fingerprint density at radius 3 is 2.33 bits per heavy atom. The topological polar surface area (TPSA) is 83.5 Å². The zero-order valence-electron chi connectivity index (χ0n) is 5.24. The second kappa shape index (κ2) is 3.42. The lowest BCUT2D eigenvalue weighted by Crippen LogP contribution is -2.28. The van der Waals surface area contributed by atoms with Crippen molar-refractivity contribution >= 4 is 5.97 Å². The minimum atomic E-state index is -1.03. The highest BCUT2D eigenvalue weighted by Crippen LogP contribution is 2.02. The molecule has 0 saturated heterocycles. The number of hydrogen-bond donors (Lipinski definition) is 3. The molecule has 0 spiro atoms. The standard InChI is InChI=1S/C5H11NO3/c1-3(5(6)9)2-4(7)8/h3,5,9H,2,6H2,1H3,(H,7,8). The maximum atomic E-state index is 9.95. The molecule has 0 heterocycles. The number of aliphatic hydroxyl groups is 1. The van der Waals surface area contributed by atoms with Gasteiger partial charge >= 0.3 is 5.97 Å². The van der Waals surface area contributed by atoms with Crippen LogP contribution in [0, 0.1) is 5.92 Å². The van der Waals surface area contributed by atoms with Crippen LogP contribution in [0.1, 0.15) is 13.3 Å². The largest absolute Gasteiger partial charge is 0.481 e. The number of hydrogen-bond acceptors (Lipinski definition) is 3. The molecule has 4 heteroatoms. The minimum Gasteiger partial charge on any atom is -0.481 e. The first-order valence-corrected chi connectivity index (χ1v) is 2.69. The molecular formula is C5H11NO3. The van der Waals surface area contributed by atoms with Crippen molar-refractivity contribution < 1.29 is 15.0 Å². The molecule has 0 aromatic carbocycles. The predicted octanol–water partition coefficient (Wildman–Crippen LogP) is -0.626. The van der Waals surface area contributed by atoms with Crippen LogP contribution in [0.4, 0.5) is 0 Å². The van der Waals surface area contributed by atoms with Gasteiger partial charge in [-0.1, -0.05) is 6.92 Å². The molecule has 9 heavy (non-hydrogen) atoms. The third kappa shape index (κ3) is 3.93. The highest BCUT2D eigenvalue weighted by Gasteiger charge is 2.12. The van der Waals surface area contributed by atoms with Crippen LogP contribution >= 0.6 is 0 Å². The molecule has 2 unspecified atom stereocenters. The summed E-state index contributed by atoms with van der Waals surface area (Å²) in [4.78, 5) is 9.95. The molecule has 2 atom stereocenters. The van der Waals surface area contributed by atoms with Gasteiger partial charge in [-0.05, 0) is 0 Å². The summed E-state index contributed by atoms with van der Waals surface area (Å²) in [5.74, 6) is -1.31. The average Bonchev–Trinajstić information content (AvgIpc) is 1.63. The van der Waals surface area contributed by atoms with E-state index in [0.29, 0.717) is 0 Å². The summed E-state index contributed by atoms with van der Waals surface area (Å²) >= 11 is 0. The van der Waals surface area contributed by atoms with Gasteiger partial charge in [0.1, 0.15) is 6.23 Å². The van der Waals surface area contributed by atoms with Gasteiger partial charge in [-0.25, -0.2) is 0 Å². The van der Waals surface area contributed by atoms with Gasteiger partial charge in [-0.2, -0.15) is 0 Å². The number of carboxylic acid groups (broad SMARTS) is 1. The number of carboxylic acids is 1. The average molecular weight is 133 g/mol. The Balaban J connectivity index is 3.50. The molecule has 4 N–H and O–H groups in total. The Labute approximate surface area is 53.3 Å². The highest BCUT2D eigenvalue weighted by atomic mass is 16.4. The molecule has 0 fully saturated rings. The Morgan fingerprint density at radius 1 is 1.78 bits per heavy atom. The molecule has 0 saturated carbocycles. The van der Waals surface area contributed by atoms with E-state index in [9.17, 15) is 4.79 Å². The van der Waals surface area contributed by atoms with Crippen molar-refractivity contribution in [1.29, 1.82) is 0 Å². The van der Waals surface area contributed by atoms with Crippen LogP contribution in [0.5, 0.6) is 0 Å². The van der Waals surface area contributed by atoms with Crippen molar-refractivity contribution in [3.05, 3.63) is 0 Å². The van der Waals surface area contributed by atoms with E-state index < -0.39 is 12.2 Å². The maximum absolute atomic E-state index is 9.95. The van der Waals surface area contributed by atoms with Crippen molar-refractivity contribution in [2.45, 2.75) is 19.6 Å². The molecule has 0 amide bonds. The normalized spacial score (nSPS) is 16.8. The van der Waals surface area contributed by atoms with Gasteiger partial charge in [0.15, 0.2) is 0 Å². The summed E-state index contributed by atoms with van der Waals surface area (Å²) in [6.45, 7) is 1.58. The third-order valence-corrected chi connectivity index (χ3v) is 1.08. The zero-order valence-corrected chi connectivity index (χ0v) is 5.24. The van der Waals surface area contributed by atoms with Crippen molar-refractivity contribution in [3.63, 3.8) is 0 Å². The lowest BCUT2D eigenvalue weighted by Gasteiger charge is -2.10. The van der Waals surface area contributed by atoms with Crippen LogP contribution in [0.3, 0.4) is 0 Å². The number of rotatable bonds is 3. The molecule has 0 bridgehead atoms. The van der Waals surface area contributed by atoms with Gasteiger partial charge in [-0.15, -0.1) is 0 Å². The van der Waals surface area contributed by atoms with Crippen LogP contribution in [-0.4, -0.2) is 22.4 Å². The van der Waals surface area contributed by atoms with Crippen molar-refractivity contribution in [2.75, 3.05) is 0 Å². The summed E-state index contributed by atoms with van der Waals surface area (Å²) in [5.41, 5.74) is 4.98. The molecule has 0 aromatic heterocycles. The lowest BCUT2D eigenvalue weighted by atomic mass is 10.1. The van der Waals surface area contributed by atoms with Crippen LogP contribution in [0.15, 0.2) is 0 Å². The first kappa shape index (κ1) is 8.39. The van der Waals surface area contributed by atoms with E-state index in [1.165, 1.54) is 0 Å². The number of carbonyl (C=O) groups is 1. The van der Waals surface area contributed by atoms with Crippen LogP contribution < -0.4 is 5.73 Å². The minimum absolute atomic E-state index is 0.0856. The molecule has 0 aliphatic carbocycles. The van der Waals surface area contributed by atoms with Gasteiger partial charge in [0.2, 0.25) is 0 Å². The number of aliphatic carboxylic acids is 1. The zero-order chi connectivity index (χ0) is 7.44. The second-order valence-corrected chi connectivity index (χ2v) is 2.07. The first-order valence-electron chi connectivity index (χ1n) is 2.69. The van der Waals surface area contributed by atoms with E-state index in [4.69, 9.17) is 15.9 Å². The molecular weight excluding hydrogens is 122 g/mol. The van der Waals surface area contributed by atoms with Crippen molar-refractivity contribution in [3.8, 4) is 0 Å². The Bertz CT molecular complexity index is 102. The maximum Gasteiger partial charge on any atom is 0.303 e. The summed E-state index contributed by atoms with van der Waals surface area (Å²) < 4.78 is 0. The summed E-state index contributed by atoms with van der Waals surface area (Å²) in [6, 6.07) is 0. The Morgan fingerprint density at radius 2 is 2.22 bits per heavy atom. The lowest BCUT2D eigenvalue weighted by molar-refractivity contribution is -0.138. The van der Waals surface area contributed by atoms with E-state index in [1.54, 1.807) is 6.92 Å². The van der Waals surface area contributed by atoms with E-state index in [1.807, 2.05) is 0 Å². The SMILES string of the molecule is CC(CC(=O)O)C(N)O. The van der Waals surface area contributed by atoms with Crippen molar-refractivity contribution in [2.24, 2.45) is 11.7 Å². The van der Waals surface area contributed by atoms with Crippen LogP contribution in [0.25, 0.3) is 0 Å². The molecule has 54 valence electrons. The van der Waals surface area contributed by atoms with Crippen molar-refractivity contribution in [1.82, 2.24) is 0 Å². The third-order valence-electron chi connectivity index (χ3n) is 1.08. The van der Waals surface area contributed by atoms with Gasteiger partial charge in [-0.3, -0.25) is 4.79 Å². The molecule has 0 radical (unpaired) electrons. The molecule has 4 nitrogen and oxygen atoms in total. The summed E-state index contributed by atoms with van der Waals surface area (Å²) in [7, 11) is 0. The fraction of sp³-hybridized carbons (Fsp3) is 0.800. The number of nitrogens with two attached hydrogens (primary N) is 1. The quantitative estimate of drug-likeness (QED) is 0.448. The predicted molar refractivity (Wildman–Crippen MR) is 31.6 cm³/mol. The summed E-state index contributed by atoms with van der Waals surface area (Å²) in [6.07, 6.45) is -1.11. The van der Waals surface area contributed by atoms with Gasteiger partial charge in [0.25, 0.3) is 0 Å². The van der Waals surface area contributed by atoms with Gasteiger partial charge in [0.05, 0.1) is 6.42 Å². The van der Waals surface area contributed by atoms with E-state index in [0.717, 1.165) is 0 Å². The molecule has 0 aromatic rings. The second-order valence-electron chi connectivity index (χ2n) is 2.07. The van der Waals surface area contributed by atoms with Gasteiger partial charge < -0.3 is 15.9 Å². The van der Waals surface area contributed by atoms with Gasteiger partial charge in [0, 0.05) is 5.92 Å². The molecule has 0 aliphatic heterocycles. The Hall–Kier alpha value is -0.610. The first-order chi connectivity index (χ1) is 4.04. The van der Waals surface area contributed by atoms with Crippen LogP contribution in [0.2, 0.25) is 0 Å².